The molecule has 0 radical (unpaired) electrons. The molecule has 1 nitrogen and oxygen atoms in total. The van der Waals surface area contributed by atoms with Crippen LogP contribution in [0, 0.1) is 34.5 Å². The van der Waals surface area contributed by atoms with E-state index in [2.05, 4.69) is 19.9 Å². The molecule has 0 spiro atoms. The Morgan fingerprint density at radius 1 is 0.926 bits per heavy atom. The van der Waals surface area contributed by atoms with E-state index in [9.17, 15) is 0 Å². The molecule has 0 aromatic heterocycles. The summed E-state index contributed by atoms with van der Waals surface area (Å²) in [5, 5.41) is 0.786. The molecule has 0 aliphatic heterocycles. The van der Waals surface area contributed by atoms with Gasteiger partial charge in [0.05, 0.1) is 0 Å². The first-order valence-corrected chi connectivity index (χ1v) is 11.8. The van der Waals surface area contributed by atoms with Crippen molar-refractivity contribution in [2.45, 2.75) is 84.2 Å². The van der Waals surface area contributed by atoms with Gasteiger partial charge in [-0.05, 0) is 91.7 Å². The summed E-state index contributed by atoms with van der Waals surface area (Å²) in [5.41, 5.74) is 1.09. The summed E-state index contributed by atoms with van der Waals surface area (Å²) in [6.07, 6.45) is 14.5. The van der Waals surface area contributed by atoms with Crippen LogP contribution in [0.2, 0.25) is 5.02 Å². The predicted molar refractivity (Wildman–Crippen MR) is 112 cm³/mol. The van der Waals surface area contributed by atoms with Crippen molar-refractivity contribution in [2.24, 2.45) is 34.5 Å². The van der Waals surface area contributed by atoms with Gasteiger partial charge in [-0.25, -0.2) is 0 Å². The van der Waals surface area contributed by atoms with Crippen LogP contribution in [0.25, 0.3) is 0 Å². The summed E-state index contributed by atoms with van der Waals surface area (Å²) < 4.78 is 6.72. The Balaban J connectivity index is 1.48. The second kappa shape index (κ2) is 6.68. The predicted octanol–water partition coefficient (Wildman–Crippen LogP) is 7.52. The average Bonchev–Trinajstić information content (AvgIpc) is 3.04. The lowest BCUT2D eigenvalue weighted by atomic mass is 9.45. The molecular weight excluding hydrogens is 352 g/mol. The molecule has 4 aliphatic carbocycles. The van der Waals surface area contributed by atoms with Crippen LogP contribution in [-0.4, -0.2) is 6.10 Å². The summed E-state index contributed by atoms with van der Waals surface area (Å²) in [5.74, 6) is 4.43. The van der Waals surface area contributed by atoms with Crippen molar-refractivity contribution in [3.63, 3.8) is 0 Å². The molecule has 148 valence electrons. The summed E-state index contributed by atoms with van der Waals surface area (Å²) in [4.78, 5) is 0. The largest absolute Gasteiger partial charge is 0.490 e. The summed E-state index contributed by atoms with van der Waals surface area (Å²) in [6, 6.07) is 8.08. The first-order valence-electron chi connectivity index (χ1n) is 11.4. The maximum atomic E-state index is 6.72. The Morgan fingerprint density at radius 2 is 1.78 bits per heavy atom. The number of benzene rings is 1. The van der Waals surface area contributed by atoms with E-state index in [0.717, 1.165) is 34.4 Å². The maximum Gasteiger partial charge on any atom is 0.121 e. The summed E-state index contributed by atoms with van der Waals surface area (Å²) >= 11 is 6.25. The van der Waals surface area contributed by atoms with Crippen LogP contribution in [0.4, 0.5) is 0 Å². The van der Waals surface area contributed by atoms with Gasteiger partial charge in [0.2, 0.25) is 0 Å². The molecule has 0 heterocycles. The molecule has 2 heteroatoms. The van der Waals surface area contributed by atoms with E-state index in [-0.39, 0.29) is 0 Å². The summed E-state index contributed by atoms with van der Waals surface area (Å²) in [7, 11) is 0. The van der Waals surface area contributed by atoms with Gasteiger partial charge in [-0.15, -0.1) is 0 Å². The van der Waals surface area contributed by atoms with Crippen molar-refractivity contribution in [3.8, 4) is 5.75 Å². The van der Waals surface area contributed by atoms with Gasteiger partial charge in [-0.2, -0.15) is 0 Å². The van der Waals surface area contributed by atoms with Gasteiger partial charge in [0.25, 0.3) is 0 Å². The molecule has 0 N–H and O–H groups in total. The number of halogens is 1. The van der Waals surface area contributed by atoms with Gasteiger partial charge in [0.15, 0.2) is 0 Å². The molecule has 4 saturated carbocycles. The number of hydrogen-bond donors (Lipinski definition) is 0. The Bertz CT molecular complexity index is 701. The highest BCUT2D eigenvalue weighted by Gasteiger charge is 2.60. The highest BCUT2D eigenvalue weighted by atomic mass is 35.5. The smallest absolute Gasteiger partial charge is 0.121 e. The zero-order chi connectivity index (χ0) is 18.6. The maximum absolute atomic E-state index is 6.72. The highest BCUT2D eigenvalue weighted by molar-refractivity contribution is 6.30. The normalized spacial score (nSPS) is 46.3. The third-order valence-electron chi connectivity index (χ3n) is 9.43. The molecule has 0 saturated heterocycles. The van der Waals surface area contributed by atoms with Crippen LogP contribution < -0.4 is 4.74 Å². The Hall–Kier alpha value is -0.690. The minimum atomic E-state index is 0.373. The number of fused-ring (bicyclic) bond motifs is 5. The first kappa shape index (κ1) is 18.3. The van der Waals surface area contributed by atoms with Crippen LogP contribution in [0.15, 0.2) is 24.3 Å². The first-order chi connectivity index (χ1) is 13.0. The lowest BCUT2D eigenvalue weighted by molar-refractivity contribution is -0.146. The summed E-state index contributed by atoms with van der Waals surface area (Å²) in [6.45, 7) is 5.24. The fourth-order valence-electron chi connectivity index (χ4n) is 8.16. The van der Waals surface area contributed by atoms with Gasteiger partial charge in [-0.1, -0.05) is 50.8 Å². The third kappa shape index (κ3) is 2.95. The quantitative estimate of drug-likeness (QED) is 0.510. The van der Waals surface area contributed by atoms with Crippen LogP contribution in [0.3, 0.4) is 0 Å². The highest BCUT2D eigenvalue weighted by Crippen LogP contribution is 2.66. The number of ether oxygens (including phenoxy) is 1. The molecule has 0 unspecified atom stereocenters. The fourth-order valence-corrected chi connectivity index (χ4v) is 8.34. The Morgan fingerprint density at radius 3 is 2.63 bits per heavy atom. The van der Waals surface area contributed by atoms with Crippen molar-refractivity contribution < 1.29 is 4.74 Å². The molecule has 0 bridgehead atoms. The van der Waals surface area contributed by atoms with Gasteiger partial charge in [-0.3, -0.25) is 0 Å². The zero-order valence-electron chi connectivity index (χ0n) is 17.1. The molecule has 27 heavy (non-hydrogen) atoms. The average molecular weight is 387 g/mol. The third-order valence-corrected chi connectivity index (χ3v) is 9.66. The van der Waals surface area contributed by atoms with Crippen molar-refractivity contribution in [3.05, 3.63) is 29.3 Å². The van der Waals surface area contributed by atoms with E-state index in [4.69, 9.17) is 16.3 Å². The lowest BCUT2D eigenvalue weighted by Crippen LogP contribution is -2.57. The van der Waals surface area contributed by atoms with Crippen LogP contribution >= 0.6 is 11.6 Å². The molecule has 1 aromatic rings. The van der Waals surface area contributed by atoms with Crippen LogP contribution in [0.5, 0.6) is 5.75 Å². The van der Waals surface area contributed by atoms with E-state index < -0.39 is 0 Å². The van der Waals surface area contributed by atoms with E-state index in [1.54, 1.807) is 0 Å². The van der Waals surface area contributed by atoms with E-state index in [1.807, 2.05) is 18.2 Å². The molecular formula is C25H35ClO. The lowest BCUT2D eigenvalue weighted by Gasteiger charge is -2.61. The van der Waals surface area contributed by atoms with Crippen LogP contribution in [-0.2, 0) is 0 Å². The van der Waals surface area contributed by atoms with Gasteiger partial charge in [0, 0.05) is 10.9 Å². The monoisotopic (exact) mass is 386 g/mol. The molecule has 5 rings (SSSR count). The van der Waals surface area contributed by atoms with E-state index >= 15 is 0 Å². The number of hydrogen-bond acceptors (Lipinski definition) is 1. The van der Waals surface area contributed by atoms with Crippen molar-refractivity contribution in [2.75, 3.05) is 0 Å². The van der Waals surface area contributed by atoms with Crippen LogP contribution in [0.1, 0.15) is 78.1 Å². The number of rotatable bonds is 2. The molecule has 7 atom stereocenters. The molecule has 1 aromatic carbocycles. The molecule has 4 aliphatic rings. The SMILES string of the molecule is C[C@@]12CCC[C@H]1[C@@H]1C[C@@H](Oc3cccc(Cl)c3)[C@H]3CCCC[C@]3(C)[C@H]1CC2. The van der Waals surface area contributed by atoms with E-state index in [0.29, 0.717) is 16.9 Å². The van der Waals surface area contributed by atoms with Gasteiger partial charge in [0.1, 0.15) is 11.9 Å². The second-order valence-corrected chi connectivity index (χ2v) is 11.1. The minimum Gasteiger partial charge on any atom is -0.490 e. The second-order valence-electron chi connectivity index (χ2n) is 10.7. The Kier molecular flexibility index (Phi) is 4.54. The van der Waals surface area contributed by atoms with Gasteiger partial charge >= 0.3 is 0 Å². The van der Waals surface area contributed by atoms with Crippen molar-refractivity contribution >= 4 is 11.6 Å². The van der Waals surface area contributed by atoms with Gasteiger partial charge < -0.3 is 4.74 Å². The minimum absolute atomic E-state index is 0.373. The fraction of sp³-hybridized carbons (Fsp3) is 0.760. The standard InChI is InChI=1S/C25H35ClO/c1-24-12-6-10-20(24)19-16-23(27-18-8-5-7-17(26)15-18)22-9-3-4-13-25(22,2)21(19)11-14-24/h5,7-8,15,19-23H,3-4,6,9-14,16H2,1-2H3/t19-,20-,21-,22+,23+,24-,25+/m0/s1. The molecule has 0 amide bonds. The topological polar surface area (TPSA) is 9.23 Å². The van der Waals surface area contributed by atoms with E-state index in [1.165, 1.54) is 64.2 Å². The Labute approximate surface area is 170 Å². The zero-order valence-corrected chi connectivity index (χ0v) is 17.8. The van der Waals surface area contributed by atoms with Crippen molar-refractivity contribution in [1.82, 2.24) is 0 Å². The van der Waals surface area contributed by atoms with Crippen molar-refractivity contribution in [1.29, 1.82) is 0 Å². The molecule has 4 fully saturated rings.